The first-order chi connectivity index (χ1) is 28.8. The normalized spacial score (nSPS) is 12.1. The fourth-order valence-electron chi connectivity index (χ4n) is 10.0. The maximum absolute atomic E-state index is 2.48. The van der Waals surface area contributed by atoms with Crippen LogP contribution in [0.5, 0.6) is 0 Å². The number of benzene rings is 11. The van der Waals surface area contributed by atoms with Gasteiger partial charge in [0.05, 0.1) is 0 Å². The summed E-state index contributed by atoms with van der Waals surface area (Å²) >= 11 is 3.85. The standard InChI is InChI=1S/C56H32S2/c1-2-16-34-33(14-1)15-13-26-39(34)52-41-21-7-9-23-43(41)53(44-24-10-8-22-42(44)52)45-29-28-38(35-17-3-4-18-36(35)45)48-32-51-54(40-20-6-5-19-37(40)48)47-30-31-50-55(56(47)58-51)46-25-11-12-27-49(46)57-50/h1-32H. The van der Waals surface area contributed by atoms with E-state index in [0.717, 1.165) is 0 Å². The summed E-state index contributed by atoms with van der Waals surface area (Å²) < 4.78 is 5.43. The van der Waals surface area contributed by atoms with E-state index >= 15 is 0 Å². The number of thiophene rings is 2. The van der Waals surface area contributed by atoms with Crippen molar-refractivity contribution in [3.05, 3.63) is 194 Å². The van der Waals surface area contributed by atoms with Crippen LogP contribution >= 0.6 is 22.7 Å². The molecule has 0 saturated heterocycles. The van der Waals surface area contributed by atoms with Gasteiger partial charge in [-0.05, 0) is 105 Å². The molecule has 13 aromatic rings. The van der Waals surface area contributed by atoms with Crippen LogP contribution in [0, 0.1) is 0 Å². The molecule has 2 heteroatoms. The van der Waals surface area contributed by atoms with Gasteiger partial charge in [-0.3, -0.25) is 0 Å². The molecule has 0 amide bonds. The lowest BCUT2D eigenvalue weighted by atomic mass is 9.82. The van der Waals surface area contributed by atoms with Gasteiger partial charge in [-0.1, -0.05) is 176 Å². The van der Waals surface area contributed by atoms with E-state index in [1.165, 1.54) is 128 Å². The van der Waals surface area contributed by atoms with Crippen LogP contribution < -0.4 is 0 Å². The molecule has 0 N–H and O–H groups in total. The summed E-state index contributed by atoms with van der Waals surface area (Å²) in [7, 11) is 0. The molecule has 0 saturated carbocycles. The summed E-state index contributed by atoms with van der Waals surface area (Å²) in [6.45, 7) is 0. The maximum Gasteiger partial charge on any atom is 0.0448 e. The lowest BCUT2D eigenvalue weighted by Gasteiger charge is -2.20. The number of hydrogen-bond acceptors (Lipinski definition) is 2. The fraction of sp³-hybridized carbons (Fsp3) is 0. The highest BCUT2D eigenvalue weighted by Gasteiger charge is 2.22. The molecule has 268 valence electrons. The second-order valence-corrected chi connectivity index (χ2v) is 17.6. The minimum absolute atomic E-state index is 1.26. The minimum Gasteiger partial charge on any atom is -0.135 e. The van der Waals surface area contributed by atoms with Crippen LogP contribution in [-0.4, -0.2) is 0 Å². The predicted octanol–water partition coefficient (Wildman–Crippen LogP) is 17.2. The Balaban J connectivity index is 1.09. The highest BCUT2D eigenvalue weighted by Crippen LogP contribution is 2.51. The molecule has 0 atom stereocenters. The van der Waals surface area contributed by atoms with Gasteiger partial charge in [0, 0.05) is 40.3 Å². The van der Waals surface area contributed by atoms with E-state index in [4.69, 9.17) is 0 Å². The maximum atomic E-state index is 2.48. The third-order valence-corrected chi connectivity index (χ3v) is 14.8. The molecule has 11 aromatic carbocycles. The molecule has 0 spiro atoms. The number of fused-ring (bicyclic) bond motifs is 13. The molecule has 2 aromatic heterocycles. The van der Waals surface area contributed by atoms with E-state index in [1.54, 1.807) is 0 Å². The zero-order valence-electron chi connectivity index (χ0n) is 31.3. The van der Waals surface area contributed by atoms with E-state index in [-0.39, 0.29) is 0 Å². The topological polar surface area (TPSA) is 0 Å². The largest absolute Gasteiger partial charge is 0.135 e. The molecule has 2 heterocycles. The third kappa shape index (κ3) is 4.50. The summed E-state index contributed by atoms with van der Waals surface area (Å²) in [5.74, 6) is 0. The Morgan fingerprint density at radius 1 is 0.241 bits per heavy atom. The summed E-state index contributed by atoms with van der Waals surface area (Å²) in [6.07, 6.45) is 0. The molecule has 0 unspecified atom stereocenters. The Morgan fingerprint density at radius 3 is 1.43 bits per heavy atom. The van der Waals surface area contributed by atoms with Crippen LogP contribution in [0.15, 0.2) is 194 Å². The van der Waals surface area contributed by atoms with Gasteiger partial charge < -0.3 is 0 Å². The fourth-order valence-corrected chi connectivity index (χ4v) is 12.5. The Labute approximate surface area is 342 Å². The zero-order valence-corrected chi connectivity index (χ0v) is 32.9. The van der Waals surface area contributed by atoms with Gasteiger partial charge in [0.1, 0.15) is 0 Å². The summed E-state index contributed by atoms with van der Waals surface area (Å²) in [5.41, 5.74) is 7.66. The van der Waals surface area contributed by atoms with Crippen LogP contribution in [0.4, 0.5) is 0 Å². The molecule has 58 heavy (non-hydrogen) atoms. The Morgan fingerprint density at radius 2 is 0.741 bits per heavy atom. The molecular weight excluding hydrogens is 737 g/mol. The second kappa shape index (κ2) is 12.3. The Kier molecular flexibility index (Phi) is 6.86. The van der Waals surface area contributed by atoms with Crippen molar-refractivity contribution in [1.29, 1.82) is 0 Å². The Hall–Kier alpha value is -6.84. The molecule has 0 radical (unpaired) electrons. The monoisotopic (exact) mass is 768 g/mol. The number of hydrogen-bond donors (Lipinski definition) is 0. The molecule has 0 aliphatic carbocycles. The average Bonchev–Trinajstić information content (AvgIpc) is 3.86. The van der Waals surface area contributed by atoms with Crippen molar-refractivity contribution in [3.63, 3.8) is 0 Å². The van der Waals surface area contributed by atoms with Gasteiger partial charge in [-0.15, -0.1) is 22.7 Å². The molecule has 13 rings (SSSR count). The van der Waals surface area contributed by atoms with E-state index in [0.29, 0.717) is 0 Å². The van der Waals surface area contributed by atoms with E-state index in [1.807, 2.05) is 22.7 Å². The van der Waals surface area contributed by atoms with Crippen LogP contribution in [0.3, 0.4) is 0 Å². The number of rotatable bonds is 3. The Bertz CT molecular complexity index is 3800. The molecular formula is C56H32S2. The zero-order chi connectivity index (χ0) is 37.9. The minimum atomic E-state index is 1.26. The molecule has 0 bridgehead atoms. The highest BCUT2D eigenvalue weighted by atomic mass is 32.1. The average molecular weight is 769 g/mol. The first-order valence-electron chi connectivity index (χ1n) is 19.9. The van der Waals surface area contributed by atoms with Gasteiger partial charge in [0.25, 0.3) is 0 Å². The smallest absolute Gasteiger partial charge is 0.0448 e. The first-order valence-corrected chi connectivity index (χ1v) is 21.6. The second-order valence-electron chi connectivity index (χ2n) is 15.4. The van der Waals surface area contributed by atoms with Crippen molar-refractivity contribution in [2.75, 3.05) is 0 Å². The van der Waals surface area contributed by atoms with Crippen LogP contribution in [0.25, 0.3) is 128 Å². The SMILES string of the molecule is c1ccc2c(-c3c4ccccc4c(-c4ccc(-c5cc6sc7c(ccc8sc9ccccc9c87)c6c6ccccc56)c5ccccc45)c4ccccc34)cccc2c1. The summed E-state index contributed by atoms with van der Waals surface area (Å²) in [4.78, 5) is 0. The van der Waals surface area contributed by atoms with Gasteiger partial charge in [0.15, 0.2) is 0 Å². The van der Waals surface area contributed by atoms with Crippen molar-refractivity contribution in [1.82, 2.24) is 0 Å². The van der Waals surface area contributed by atoms with E-state index in [9.17, 15) is 0 Å². The molecule has 0 aliphatic rings. The van der Waals surface area contributed by atoms with Gasteiger partial charge in [-0.2, -0.15) is 0 Å². The van der Waals surface area contributed by atoms with Crippen molar-refractivity contribution < 1.29 is 0 Å². The third-order valence-electron chi connectivity index (χ3n) is 12.5. The molecule has 0 fully saturated rings. The molecule has 0 aliphatic heterocycles. The van der Waals surface area contributed by atoms with Crippen molar-refractivity contribution in [3.8, 4) is 33.4 Å². The predicted molar refractivity (Wildman–Crippen MR) is 256 cm³/mol. The van der Waals surface area contributed by atoms with Gasteiger partial charge in [0.2, 0.25) is 0 Å². The van der Waals surface area contributed by atoms with Crippen LogP contribution in [-0.2, 0) is 0 Å². The van der Waals surface area contributed by atoms with E-state index in [2.05, 4.69) is 194 Å². The highest BCUT2D eigenvalue weighted by molar-refractivity contribution is 7.30. The van der Waals surface area contributed by atoms with Crippen molar-refractivity contribution >= 4 is 117 Å². The van der Waals surface area contributed by atoms with Crippen molar-refractivity contribution in [2.24, 2.45) is 0 Å². The lowest BCUT2D eigenvalue weighted by Crippen LogP contribution is -1.93. The van der Waals surface area contributed by atoms with E-state index < -0.39 is 0 Å². The first kappa shape index (κ1) is 32.3. The van der Waals surface area contributed by atoms with Crippen molar-refractivity contribution in [2.45, 2.75) is 0 Å². The quantitative estimate of drug-likeness (QED) is 0.157. The summed E-state index contributed by atoms with van der Waals surface area (Å²) in [5, 5.41) is 18.2. The van der Waals surface area contributed by atoms with Crippen LogP contribution in [0.2, 0.25) is 0 Å². The van der Waals surface area contributed by atoms with Gasteiger partial charge >= 0.3 is 0 Å². The molecule has 0 nitrogen and oxygen atoms in total. The van der Waals surface area contributed by atoms with Gasteiger partial charge in [-0.25, -0.2) is 0 Å². The lowest BCUT2D eigenvalue weighted by molar-refractivity contribution is 1.68. The summed E-state index contributed by atoms with van der Waals surface area (Å²) in [6, 6.07) is 72.5. The van der Waals surface area contributed by atoms with Crippen LogP contribution in [0.1, 0.15) is 0 Å².